The summed E-state index contributed by atoms with van der Waals surface area (Å²) in [6, 6.07) is 0. The molecule has 0 amide bonds. The van der Waals surface area contributed by atoms with Gasteiger partial charge in [0.05, 0.1) is 25.2 Å². The molecule has 0 bridgehead atoms. The molecule has 0 aromatic carbocycles. The minimum atomic E-state index is -1.02. The van der Waals surface area contributed by atoms with E-state index in [0.29, 0.717) is 19.8 Å². The van der Waals surface area contributed by atoms with Crippen LogP contribution in [0.3, 0.4) is 0 Å². The summed E-state index contributed by atoms with van der Waals surface area (Å²) < 4.78 is 25.6. The Bertz CT molecular complexity index is 361. The van der Waals surface area contributed by atoms with Gasteiger partial charge in [-0.3, -0.25) is 0 Å². The average Bonchev–Trinajstić information content (AvgIpc) is 2.45. The lowest BCUT2D eigenvalue weighted by atomic mass is 9.92. The second-order valence-electron chi connectivity index (χ2n) is 5.23. The van der Waals surface area contributed by atoms with Crippen molar-refractivity contribution < 1.29 is 33.3 Å². The van der Waals surface area contributed by atoms with E-state index in [4.69, 9.17) is 23.7 Å². The van der Waals surface area contributed by atoms with Crippen molar-refractivity contribution in [1.82, 2.24) is 0 Å². The van der Waals surface area contributed by atoms with Gasteiger partial charge in [-0.1, -0.05) is 6.58 Å². The van der Waals surface area contributed by atoms with Crippen LogP contribution >= 0.6 is 0 Å². The fourth-order valence-corrected chi connectivity index (χ4v) is 1.82. The summed E-state index contributed by atoms with van der Waals surface area (Å²) in [5.41, 5.74) is -0.404. The van der Waals surface area contributed by atoms with Crippen molar-refractivity contribution in [3.8, 4) is 0 Å². The van der Waals surface area contributed by atoms with Crippen molar-refractivity contribution in [3.63, 3.8) is 0 Å². The zero-order chi connectivity index (χ0) is 17.2. The predicted octanol–water partition coefficient (Wildman–Crippen LogP) is 0.963. The number of hydrogen-bond acceptors (Lipinski definition) is 7. The molecule has 7 heteroatoms. The highest BCUT2D eigenvalue weighted by atomic mass is 16.6. The molecule has 7 nitrogen and oxygen atoms in total. The lowest BCUT2D eigenvalue weighted by molar-refractivity contribution is -0.170. The Morgan fingerprint density at radius 1 is 1.00 bits per heavy atom. The van der Waals surface area contributed by atoms with Gasteiger partial charge in [0.1, 0.15) is 6.61 Å². The van der Waals surface area contributed by atoms with E-state index >= 15 is 0 Å². The van der Waals surface area contributed by atoms with Crippen LogP contribution in [-0.4, -0.2) is 65.8 Å². The Labute approximate surface area is 131 Å². The molecule has 0 fully saturated rings. The molecule has 0 saturated heterocycles. The molecule has 128 valence electrons. The molecule has 0 aromatic rings. The SMILES string of the molecule is C=C(C)C(=O)OC(C)C(=O)OCC(COC)(COC)COC. The van der Waals surface area contributed by atoms with Gasteiger partial charge < -0.3 is 23.7 Å². The Hall–Kier alpha value is -1.44. The highest BCUT2D eigenvalue weighted by Gasteiger charge is 2.34. The van der Waals surface area contributed by atoms with Crippen LogP contribution in [0.5, 0.6) is 0 Å². The van der Waals surface area contributed by atoms with Crippen LogP contribution in [0, 0.1) is 5.41 Å². The number of rotatable bonds is 11. The van der Waals surface area contributed by atoms with Gasteiger partial charge in [-0.05, 0) is 13.8 Å². The summed E-state index contributed by atoms with van der Waals surface area (Å²) in [5, 5.41) is 0. The zero-order valence-electron chi connectivity index (χ0n) is 14.0. The number of ether oxygens (including phenoxy) is 5. The minimum Gasteiger partial charge on any atom is -0.462 e. The Balaban J connectivity index is 4.65. The van der Waals surface area contributed by atoms with E-state index < -0.39 is 23.5 Å². The van der Waals surface area contributed by atoms with Crippen LogP contribution < -0.4 is 0 Å². The zero-order valence-corrected chi connectivity index (χ0v) is 14.0. The van der Waals surface area contributed by atoms with E-state index in [2.05, 4.69) is 6.58 Å². The maximum Gasteiger partial charge on any atom is 0.347 e. The summed E-state index contributed by atoms with van der Waals surface area (Å²) in [7, 11) is 4.62. The normalized spacial score (nSPS) is 12.6. The van der Waals surface area contributed by atoms with Crippen molar-refractivity contribution in [2.45, 2.75) is 20.0 Å². The van der Waals surface area contributed by atoms with Gasteiger partial charge in [0.2, 0.25) is 0 Å². The van der Waals surface area contributed by atoms with E-state index in [9.17, 15) is 9.59 Å². The van der Waals surface area contributed by atoms with Crippen molar-refractivity contribution in [2.75, 3.05) is 47.8 Å². The molecule has 0 aliphatic rings. The lowest BCUT2D eigenvalue weighted by Gasteiger charge is -2.31. The van der Waals surface area contributed by atoms with Gasteiger partial charge in [-0.2, -0.15) is 0 Å². The Morgan fingerprint density at radius 3 is 1.82 bits per heavy atom. The third-order valence-corrected chi connectivity index (χ3v) is 2.84. The smallest absolute Gasteiger partial charge is 0.347 e. The summed E-state index contributed by atoms with van der Waals surface area (Å²) >= 11 is 0. The Morgan fingerprint density at radius 2 is 1.45 bits per heavy atom. The van der Waals surface area contributed by atoms with Crippen LogP contribution in [0.1, 0.15) is 13.8 Å². The molecule has 0 aliphatic heterocycles. The van der Waals surface area contributed by atoms with Crippen LogP contribution in [0.25, 0.3) is 0 Å². The number of carbonyl (C=O) groups is 2. The molecule has 0 aromatic heterocycles. The van der Waals surface area contributed by atoms with E-state index in [0.717, 1.165) is 0 Å². The second-order valence-corrected chi connectivity index (χ2v) is 5.23. The third-order valence-electron chi connectivity index (χ3n) is 2.84. The highest BCUT2D eigenvalue weighted by molar-refractivity contribution is 5.89. The molecule has 22 heavy (non-hydrogen) atoms. The predicted molar refractivity (Wildman–Crippen MR) is 79.4 cm³/mol. The fraction of sp³-hybridized carbons (Fsp3) is 0.733. The fourth-order valence-electron chi connectivity index (χ4n) is 1.82. The summed E-state index contributed by atoms with van der Waals surface area (Å²) in [6.07, 6.45) is -1.02. The van der Waals surface area contributed by atoms with Crippen LogP contribution in [0.4, 0.5) is 0 Å². The first kappa shape index (κ1) is 20.6. The molecule has 0 heterocycles. The molecular weight excluding hydrogens is 292 g/mol. The standard InChI is InChI=1S/C15H26O7/c1-11(2)13(16)22-12(3)14(17)21-10-15(7-18-4,8-19-5)9-20-6/h12H,1,7-10H2,2-6H3. The van der Waals surface area contributed by atoms with Crippen molar-refractivity contribution >= 4 is 11.9 Å². The molecule has 0 N–H and O–H groups in total. The minimum absolute atomic E-state index is 0.0241. The number of esters is 2. The Kier molecular flexibility index (Phi) is 9.64. The van der Waals surface area contributed by atoms with Crippen LogP contribution in [-0.2, 0) is 33.3 Å². The van der Waals surface area contributed by atoms with Crippen LogP contribution in [0.15, 0.2) is 12.2 Å². The van der Waals surface area contributed by atoms with Crippen molar-refractivity contribution in [2.24, 2.45) is 5.41 Å². The molecule has 1 unspecified atom stereocenters. The molecular formula is C15H26O7. The topological polar surface area (TPSA) is 80.3 Å². The lowest BCUT2D eigenvalue weighted by Crippen LogP contribution is -2.42. The third kappa shape index (κ3) is 7.02. The number of methoxy groups -OCH3 is 3. The first-order valence-electron chi connectivity index (χ1n) is 6.82. The molecule has 0 aliphatic carbocycles. The molecule has 0 saturated carbocycles. The van der Waals surface area contributed by atoms with Gasteiger partial charge in [-0.25, -0.2) is 9.59 Å². The first-order valence-corrected chi connectivity index (χ1v) is 6.82. The maximum absolute atomic E-state index is 11.9. The van der Waals surface area contributed by atoms with Gasteiger partial charge in [0.15, 0.2) is 6.10 Å². The van der Waals surface area contributed by atoms with Gasteiger partial charge in [0, 0.05) is 26.9 Å². The van der Waals surface area contributed by atoms with Crippen molar-refractivity contribution in [3.05, 3.63) is 12.2 Å². The summed E-state index contributed by atoms with van der Waals surface area (Å²) in [4.78, 5) is 23.3. The highest BCUT2D eigenvalue weighted by Crippen LogP contribution is 2.20. The molecule has 0 rings (SSSR count). The maximum atomic E-state index is 11.9. The van der Waals surface area contributed by atoms with Gasteiger partial charge in [0.25, 0.3) is 0 Å². The van der Waals surface area contributed by atoms with Gasteiger partial charge >= 0.3 is 11.9 Å². The molecule has 0 radical (unpaired) electrons. The summed E-state index contributed by atoms with van der Waals surface area (Å²) in [6.45, 7) is 7.29. The largest absolute Gasteiger partial charge is 0.462 e. The first-order chi connectivity index (χ1) is 10.3. The van der Waals surface area contributed by atoms with E-state index in [1.807, 2.05) is 0 Å². The van der Waals surface area contributed by atoms with E-state index in [-0.39, 0.29) is 12.2 Å². The molecule has 1 atom stereocenters. The van der Waals surface area contributed by atoms with E-state index in [1.54, 1.807) is 21.3 Å². The van der Waals surface area contributed by atoms with E-state index in [1.165, 1.54) is 13.8 Å². The van der Waals surface area contributed by atoms with Gasteiger partial charge in [-0.15, -0.1) is 0 Å². The number of carbonyl (C=O) groups excluding carboxylic acids is 2. The van der Waals surface area contributed by atoms with Crippen molar-refractivity contribution in [1.29, 1.82) is 0 Å². The molecule has 0 spiro atoms. The average molecular weight is 318 g/mol. The second kappa shape index (κ2) is 10.3. The quantitative estimate of drug-likeness (QED) is 0.414. The van der Waals surface area contributed by atoms with Crippen LogP contribution in [0.2, 0.25) is 0 Å². The number of hydrogen-bond donors (Lipinski definition) is 0. The monoisotopic (exact) mass is 318 g/mol. The summed E-state index contributed by atoms with van der Waals surface area (Å²) in [5.74, 6) is -1.29.